The molecule has 1 amide bonds. The number of carbonyl (C=O) groups excluding carboxylic acids is 1. The molecule has 1 fully saturated rings. The molecular weight excluding hydrogens is 496 g/mol. The summed E-state index contributed by atoms with van der Waals surface area (Å²) in [6.45, 7) is 3.94. The van der Waals surface area contributed by atoms with Gasteiger partial charge in [-0.2, -0.15) is 5.10 Å². The minimum absolute atomic E-state index is 0.0257. The lowest BCUT2D eigenvalue weighted by molar-refractivity contribution is 0.102. The van der Waals surface area contributed by atoms with Crippen molar-refractivity contribution in [3.05, 3.63) is 89.6 Å². The van der Waals surface area contributed by atoms with Crippen LogP contribution in [0, 0.1) is 6.92 Å². The van der Waals surface area contributed by atoms with Gasteiger partial charge in [0.25, 0.3) is 5.91 Å². The van der Waals surface area contributed by atoms with Gasteiger partial charge in [0.15, 0.2) is 15.5 Å². The van der Waals surface area contributed by atoms with Gasteiger partial charge in [-0.05, 0) is 42.8 Å². The Morgan fingerprint density at radius 1 is 1.05 bits per heavy atom. The first kappa shape index (κ1) is 24.3. The number of nitrogens with zero attached hydrogens (tertiary/aromatic N) is 3. The molecule has 8 heteroatoms. The molecule has 1 saturated heterocycles. The van der Waals surface area contributed by atoms with Gasteiger partial charge in [0.05, 0.1) is 39.9 Å². The molecule has 0 aliphatic carbocycles. The molecule has 3 aromatic carbocycles. The van der Waals surface area contributed by atoms with Crippen molar-refractivity contribution < 1.29 is 13.2 Å². The molecule has 1 aliphatic heterocycles. The predicted molar refractivity (Wildman–Crippen MR) is 151 cm³/mol. The zero-order valence-electron chi connectivity index (χ0n) is 21.3. The number of amides is 1. The number of carbonyl (C=O) groups is 1. The van der Waals surface area contributed by atoms with Gasteiger partial charge in [-0.1, -0.05) is 67.6 Å². The molecule has 1 N–H and O–H groups in total. The van der Waals surface area contributed by atoms with Crippen LogP contribution in [-0.2, 0) is 16.3 Å². The highest BCUT2D eigenvalue weighted by Crippen LogP contribution is 2.33. The zero-order valence-corrected chi connectivity index (χ0v) is 22.1. The van der Waals surface area contributed by atoms with E-state index in [1.54, 1.807) is 4.68 Å². The zero-order chi connectivity index (χ0) is 26.4. The minimum atomic E-state index is -3.13. The third-order valence-electron chi connectivity index (χ3n) is 7.33. The fourth-order valence-corrected chi connectivity index (χ4v) is 6.99. The number of nitrogens with one attached hydrogen (secondary N) is 1. The van der Waals surface area contributed by atoms with E-state index in [-0.39, 0.29) is 23.5 Å². The van der Waals surface area contributed by atoms with Crippen LogP contribution in [0.5, 0.6) is 0 Å². The molecule has 6 rings (SSSR count). The Balaban J connectivity index is 1.51. The fraction of sp³-hybridized carbons (Fsp3) is 0.233. The Hall–Kier alpha value is -4.04. The van der Waals surface area contributed by atoms with E-state index in [2.05, 4.69) is 24.4 Å². The van der Waals surface area contributed by atoms with E-state index in [1.807, 2.05) is 67.6 Å². The first-order chi connectivity index (χ1) is 18.3. The molecule has 38 heavy (non-hydrogen) atoms. The maximum absolute atomic E-state index is 13.9. The van der Waals surface area contributed by atoms with Crippen LogP contribution in [0.15, 0.2) is 72.8 Å². The standard InChI is InChI=1S/C30H28N4O3S/c1-3-20-11-13-22(14-12-20)27-17-25(30(35)32-26-10-6-8-21-7-4-5-9-24(21)26)28-19(2)33-34(29(28)31-27)23-15-16-38(36,37)18-23/h4-14,17,23H,3,15-16,18H2,1-2H3,(H,32,35). The lowest BCUT2D eigenvalue weighted by atomic mass is 10.0. The van der Waals surface area contributed by atoms with E-state index < -0.39 is 9.84 Å². The highest BCUT2D eigenvalue weighted by atomic mass is 32.2. The number of hydrogen-bond acceptors (Lipinski definition) is 5. The molecule has 1 aliphatic rings. The lowest BCUT2D eigenvalue weighted by Gasteiger charge is -2.13. The lowest BCUT2D eigenvalue weighted by Crippen LogP contribution is -2.15. The topological polar surface area (TPSA) is 94.0 Å². The van der Waals surface area contributed by atoms with Gasteiger partial charge < -0.3 is 5.32 Å². The number of hydrogen-bond donors (Lipinski definition) is 1. The van der Waals surface area contributed by atoms with Crippen LogP contribution < -0.4 is 5.32 Å². The van der Waals surface area contributed by atoms with Gasteiger partial charge in [-0.3, -0.25) is 4.79 Å². The number of anilines is 1. The summed E-state index contributed by atoms with van der Waals surface area (Å²) in [5.41, 5.74) is 5.09. The Kier molecular flexibility index (Phi) is 5.99. The summed E-state index contributed by atoms with van der Waals surface area (Å²) in [5.74, 6) is -0.107. The number of pyridine rings is 1. The van der Waals surface area contributed by atoms with Crippen molar-refractivity contribution >= 4 is 43.2 Å². The second-order valence-electron chi connectivity index (χ2n) is 9.87. The number of aromatic nitrogens is 3. The van der Waals surface area contributed by atoms with Crippen LogP contribution in [0.1, 0.15) is 41.0 Å². The maximum atomic E-state index is 13.9. The summed E-state index contributed by atoms with van der Waals surface area (Å²) < 4.78 is 26.2. The molecule has 0 saturated carbocycles. The Bertz CT molecular complexity index is 1800. The number of benzene rings is 3. The quantitative estimate of drug-likeness (QED) is 0.317. The van der Waals surface area contributed by atoms with E-state index in [4.69, 9.17) is 10.1 Å². The Morgan fingerprint density at radius 3 is 2.55 bits per heavy atom. The summed E-state index contributed by atoms with van der Waals surface area (Å²) in [6, 6.07) is 23.4. The molecule has 0 spiro atoms. The highest BCUT2D eigenvalue weighted by molar-refractivity contribution is 7.91. The van der Waals surface area contributed by atoms with E-state index in [9.17, 15) is 13.2 Å². The molecule has 1 atom stereocenters. The highest BCUT2D eigenvalue weighted by Gasteiger charge is 2.32. The third kappa shape index (κ3) is 4.35. The SMILES string of the molecule is CCc1ccc(-c2cc(C(=O)Nc3cccc4ccccc34)c3c(C)nn(C4CCS(=O)(=O)C4)c3n2)cc1. The molecule has 3 heterocycles. The second kappa shape index (κ2) is 9.36. The average Bonchev–Trinajstić information content (AvgIpc) is 3.46. The smallest absolute Gasteiger partial charge is 0.256 e. The molecule has 192 valence electrons. The summed E-state index contributed by atoms with van der Waals surface area (Å²) in [4.78, 5) is 18.8. The van der Waals surface area contributed by atoms with E-state index in [0.29, 0.717) is 34.4 Å². The second-order valence-corrected chi connectivity index (χ2v) is 12.1. The van der Waals surface area contributed by atoms with Crippen LogP contribution in [0.3, 0.4) is 0 Å². The summed E-state index contributed by atoms with van der Waals surface area (Å²) >= 11 is 0. The Morgan fingerprint density at radius 2 is 1.82 bits per heavy atom. The van der Waals surface area contributed by atoms with Gasteiger partial charge in [-0.15, -0.1) is 0 Å². The minimum Gasteiger partial charge on any atom is -0.321 e. The summed E-state index contributed by atoms with van der Waals surface area (Å²) in [6.07, 6.45) is 1.40. The molecule has 0 bridgehead atoms. The number of sulfone groups is 1. The summed E-state index contributed by atoms with van der Waals surface area (Å²) in [7, 11) is -3.13. The number of rotatable bonds is 5. The van der Waals surface area contributed by atoms with Crippen molar-refractivity contribution in [3.63, 3.8) is 0 Å². The van der Waals surface area contributed by atoms with Crippen molar-refractivity contribution in [1.29, 1.82) is 0 Å². The van der Waals surface area contributed by atoms with Crippen molar-refractivity contribution in [1.82, 2.24) is 14.8 Å². The van der Waals surface area contributed by atoms with Crippen LogP contribution >= 0.6 is 0 Å². The number of aryl methyl sites for hydroxylation is 2. The third-order valence-corrected chi connectivity index (χ3v) is 9.08. The summed E-state index contributed by atoms with van der Waals surface area (Å²) in [5, 5.41) is 10.4. The molecule has 7 nitrogen and oxygen atoms in total. The van der Waals surface area contributed by atoms with Gasteiger partial charge >= 0.3 is 0 Å². The Labute approximate surface area is 221 Å². The van der Waals surface area contributed by atoms with Gasteiger partial charge in [0.2, 0.25) is 0 Å². The van der Waals surface area contributed by atoms with Crippen molar-refractivity contribution in [2.24, 2.45) is 0 Å². The van der Waals surface area contributed by atoms with Crippen molar-refractivity contribution in [3.8, 4) is 11.3 Å². The van der Waals surface area contributed by atoms with Gasteiger partial charge in [-0.25, -0.2) is 18.1 Å². The molecular formula is C30H28N4O3S. The number of fused-ring (bicyclic) bond motifs is 2. The van der Waals surface area contributed by atoms with E-state index in [1.165, 1.54) is 5.56 Å². The van der Waals surface area contributed by atoms with Crippen LogP contribution in [-0.4, -0.2) is 40.6 Å². The predicted octanol–water partition coefficient (Wildman–Crippen LogP) is 5.73. The van der Waals surface area contributed by atoms with E-state index >= 15 is 0 Å². The largest absolute Gasteiger partial charge is 0.321 e. The van der Waals surface area contributed by atoms with Crippen molar-refractivity contribution in [2.45, 2.75) is 32.7 Å². The molecule has 0 radical (unpaired) electrons. The van der Waals surface area contributed by atoms with Crippen LogP contribution in [0.4, 0.5) is 5.69 Å². The van der Waals surface area contributed by atoms with Crippen molar-refractivity contribution in [2.75, 3.05) is 16.8 Å². The molecule has 1 unspecified atom stereocenters. The van der Waals surface area contributed by atoms with Gasteiger partial charge in [0.1, 0.15) is 0 Å². The van der Waals surface area contributed by atoms with Crippen LogP contribution in [0.25, 0.3) is 33.1 Å². The fourth-order valence-electron chi connectivity index (χ4n) is 5.30. The molecule has 2 aromatic heterocycles. The van der Waals surface area contributed by atoms with Crippen LogP contribution in [0.2, 0.25) is 0 Å². The first-order valence-corrected chi connectivity index (χ1v) is 14.6. The molecule has 5 aromatic rings. The monoisotopic (exact) mass is 524 g/mol. The van der Waals surface area contributed by atoms with Gasteiger partial charge in [0, 0.05) is 16.6 Å². The van der Waals surface area contributed by atoms with E-state index in [0.717, 1.165) is 28.4 Å². The maximum Gasteiger partial charge on any atom is 0.256 e. The average molecular weight is 525 g/mol. The normalized spacial score (nSPS) is 16.7. The first-order valence-electron chi connectivity index (χ1n) is 12.8.